The second-order valence-corrected chi connectivity index (χ2v) is 9.45. The fraction of sp³-hybridized carbons (Fsp3) is 0.333. The molecule has 1 fully saturated rings. The maximum atomic E-state index is 13.0. The number of aromatic amines is 1. The number of furan rings is 1. The van der Waals surface area contributed by atoms with Gasteiger partial charge in [0.1, 0.15) is 11.5 Å². The number of rotatable bonds is 6. The number of nitrogens with zero attached hydrogens (tertiary/aromatic N) is 2. The van der Waals surface area contributed by atoms with Crippen LogP contribution in [0.15, 0.2) is 52.0 Å². The number of piperidine rings is 1. The highest BCUT2D eigenvalue weighted by molar-refractivity contribution is 7.89. The van der Waals surface area contributed by atoms with Gasteiger partial charge in [0.05, 0.1) is 0 Å². The van der Waals surface area contributed by atoms with Gasteiger partial charge in [0.15, 0.2) is 5.76 Å². The van der Waals surface area contributed by atoms with Gasteiger partial charge in [-0.15, -0.1) is 0 Å². The number of aryl methyl sites for hydroxylation is 1. The van der Waals surface area contributed by atoms with Gasteiger partial charge >= 0.3 is 0 Å². The summed E-state index contributed by atoms with van der Waals surface area (Å²) in [6.07, 6.45) is 0.835. The Labute approximate surface area is 179 Å². The quantitative estimate of drug-likeness (QED) is 0.605. The molecular weight excluding hydrogens is 423 g/mol. The van der Waals surface area contributed by atoms with Crippen molar-refractivity contribution < 1.29 is 22.0 Å². The first kappa shape index (κ1) is 21.3. The number of carbonyl (C=O) groups is 1. The van der Waals surface area contributed by atoms with Crippen molar-refractivity contribution in [2.75, 3.05) is 13.1 Å². The molecule has 0 radical (unpaired) electrons. The molecule has 0 aliphatic carbocycles. The van der Waals surface area contributed by atoms with Gasteiger partial charge in [-0.25, -0.2) is 12.8 Å². The molecule has 10 heteroatoms. The highest BCUT2D eigenvalue weighted by Crippen LogP contribution is 2.28. The fourth-order valence-corrected chi connectivity index (χ4v) is 4.94. The molecule has 2 aromatic heterocycles. The Morgan fingerprint density at radius 2 is 1.94 bits per heavy atom. The van der Waals surface area contributed by atoms with Gasteiger partial charge < -0.3 is 9.73 Å². The van der Waals surface area contributed by atoms with Gasteiger partial charge in [0.2, 0.25) is 11.0 Å². The third-order valence-electron chi connectivity index (χ3n) is 5.34. The van der Waals surface area contributed by atoms with Gasteiger partial charge in [-0.05, 0) is 55.7 Å². The summed E-state index contributed by atoms with van der Waals surface area (Å²) in [6.45, 7) is 2.61. The van der Waals surface area contributed by atoms with Crippen molar-refractivity contribution in [3.05, 3.63) is 59.5 Å². The first-order chi connectivity index (χ1) is 14.8. The van der Waals surface area contributed by atoms with Crippen LogP contribution in [0.1, 0.15) is 24.1 Å². The summed E-state index contributed by atoms with van der Waals surface area (Å²) in [7, 11) is -3.79. The SMILES string of the molecule is Cc1cc(-c2ccc(S(=O)(=O)N3CCC(C(=O)NCc4ccc(F)cc4)CC3)o2)n[nH]1. The Kier molecular flexibility index (Phi) is 5.92. The highest BCUT2D eigenvalue weighted by Gasteiger charge is 2.34. The zero-order chi connectivity index (χ0) is 22.0. The minimum atomic E-state index is -3.79. The summed E-state index contributed by atoms with van der Waals surface area (Å²) in [5.74, 6) is -0.355. The molecule has 0 saturated carbocycles. The molecule has 1 saturated heterocycles. The van der Waals surface area contributed by atoms with Crippen LogP contribution in [0.2, 0.25) is 0 Å². The van der Waals surface area contributed by atoms with E-state index < -0.39 is 10.0 Å². The lowest BCUT2D eigenvalue weighted by atomic mass is 9.97. The molecule has 8 nitrogen and oxygen atoms in total. The number of carbonyl (C=O) groups excluding carboxylic acids is 1. The molecule has 164 valence electrons. The summed E-state index contributed by atoms with van der Waals surface area (Å²) in [4.78, 5) is 12.4. The van der Waals surface area contributed by atoms with Crippen LogP contribution in [0.3, 0.4) is 0 Å². The van der Waals surface area contributed by atoms with E-state index in [9.17, 15) is 17.6 Å². The van der Waals surface area contributed by atoms with E-state index in [0.29, 0.717) is 30.8 Å². The van der Waals surface area contributed by atoms with E-state index in [2.05, 4.69) is 15.5 Å². The number of halogens is 1. The molecule has 3 aromatic rings. The second kappa shape index (κ2) is 8.64. The molecule has 31 heavy (non-hydrogen) atoms. The monoisotopic (exact) mass is 446 g/mol. The molecule has 4 rings (SSSR count). The molecule has 0 unspecified atom stereocenters. The Morgan fingerprint density at radius 1 is 1.23 bits per heavy atom. The van der Waals surface area contributed by atoms with E-state index in [4.69, 9.17) is 4.42 Å². The second-order valence-electron chi connectivity index (χ2n) is 7.58. The van der Waals surface area contributed by atoms with Crippen molar-refractivity contribution in [1.82, 2.24) is 19.8 Å². The number of sulfonamides is 1. The molecule has 1 aromatic carbocycles. The predicted octanol–water partition coefficient (Wildman–Crippen LogP) is 2.83. The summed E-state index contributed by atoms with van der Waals surface area (Å²) < 4.78 is 45.7. The van der Waals surface area contributed by atoms with Crippen LogP contribution in [0.5, 0.6) is 0 Å². The van der Waals surface area contributed by atoms with E-state index in [1.807, 2.05) is 6.92 Å². The number of amides is 1. The van der Waals surface area contributed by atoms with Gasteiger partial charge in [-0.2, -0.15) is 9.40 Å². The average Bonchev–Trinajstić information content (AvgIpc) is 3.43. The van der Waals surface area contributed by atoms with Crippen LogP contribution < -0.4 is 5.32 Å². The molecule has 1 aliphatic rings. The Hall–Kier alpha value is -2.98. The first-order valence-corrected chi connectivity index (χ1v) is 11.4. The molecule has 0 atom stereocenters. The minimum absolute atomic E-state index is 0.129. The van der Waals surface area contributed by atoms with Crippen molar-refractivity contribution in [3.63, 3.8) is 0 Å². The molecule has 1 amide bonds. The predicted molar refractivity (Wildman–Crippen MR) is 111 cm³/mol. The smallest absolute Gasteiger partial charge is 0.276 e. The Morgan fingerprint density at radius 3 is 2.58 bits per heavy atom. The van der Waals surface area contributed by atoms with E-state index >= 15 is 0 Å². The summed E-state index contributed by atoms with van der Waals surface area (Å²) in [5, 5.41) is 9.57. The largest absolute Gasteiger partial charge is 0.442 e. The van der Waals surface area contributed by atoms with Crippen LogP contribution in [0.25, 0.3) is 11.5 Å². The van der Waals surface area contributed by atoms with E-state index in [1.54, 1.807) is 24.3 Å². The van der Waals surface area contributed by atoms with E-state index in [-0.39, 0.29) is 35.8 Å². The average molecular weight is 447 g/mol. The molecule has 0 bridgehead atoms. The zero-order valence-electron chi connectivity index (χ0n) is 17.0. The van der Waals surface area contributed by atoms with Gasteiger partial charge in [-0.1, -0.05) is 12.1 Å². The lowest BCUT2D eigenvalue weighted by molar-refractivity contribution is -0.126. The Balaban J connectivity index is 1.34. The number of aromatic nitrogens is 2. The normalized spacial score (nSPS) is 15.8. The van der Waals surface area contributed by atoms with Crippen molar-refractivity contribution in [3.8, 4) is 11.5 Å². The maximum Gasteiger partial charge on any atom is 0.276 e. The third kappa shape index (κ3) is 4.70. The molecule has 0 spiro atoms. The highest BCUT2D eigenvalue weighted by atomic mass is 32.2. The number of hydrogen-bond donors (Lipinski definition) is 2. The standard InChI is InChI=1S/C21H23FN4O4S/c1-14-12-18(25-24-14)19-6-7-20(30-19)31(28,29)26-10-8-16(9-11-26)21(27)23-13-15-2-4-17(22)5-3-15/h2-7,12,16H,8-11,13H2,1H3,(H,23,27)(H,24,25). The third-order valence-corrected chi connectivity index (χ3v) is 7.11. The van der Waals surface area contributed by atoms with E-state index in [1.165, 1.54) is 22.5 Å². The minimum Gasteiger partial charge on any atom is -0.442 e. The van der Waals surface area contributed by atoms with Gasteiger partial charge in [-0.3, -0.25) is 9.89 Å². The van der Waals surface area contributed by atoms with Crippen LogP contribution >= 0.6 is 0 Å². The van der Waals surface area contributed by atoms with Crippen LogP contribution in [0.4, 0.5) is 4.39 Å². The summed E-state index contributed by atoms with van der Waals surface area (Å²) >= 11 is 0. The first-order valence-electron chi connectivity index (χ1n) is 9.97. The van der Waals surface area contributed by atoms with Crippen LogP contribution in [0, 0.1) is 18.7 Å². The number of H-pyrrole nitrogens is 1. The van der Waals surface area contributed by atoms with Gasteiger partial charge in [0, 0.05) is 31.2 Å². The van der Waals surface area contributed by atoms with E-state index in [0.717, 1.165) is 11.3 Å². The van der Waals surface area contributed by atoms with Crippen molar-refractivity contribution in [2.24, 2.45) is 5.92 Å². The molecule has 1 aliphatic heterocycles. The Bertz CT molecular complexity index is 1160. The number of benzene rings is 1. The maximum absolute atomic E-state index is 13.0. The summed E-state index contributed by atoms with van der Waals surface area (Å²) in [5.41, 5.74) is 2.18. The molecule has 3 heterocycles. The molecule has 2 N–H and O–H groups in total. The van der Waals surface area contributed by atoms with Crippen molar-refractivity contribution >= 4 is 15.9 Å². The van der Waals surface area contributed by atoms with Gasteiger partial charge in [0.25, 0.3) is 10.0 Å². The zero-order valence-corrected chi connectivity index (χ0v) is 17.8. The molecular formula is C21H23FN4O4S. The van der Waals surface area contributed by atoms with Crippen LogP contribution in [-0.2, 0) is 21.4 Å². The van der Waals surface area contributed by atoms with Crippen molar-refractivity contribution in [2.45, 2.75) is 31.4 Å². The number of hydrogen-bond acceptors (Lipinski definition) is 5. The number of nitrogens with one attached hydrogen (secondary N) is 2. The van der Waals surface area contributed by atoms with Crippen LogP contribution in [-0.4, -0.2) is 41.9 Å². The lowest BCUT2D eigenvalue weighted by Crippen LogP contribution is -2.42. The van der Waals surface area contributed by atoms with Crippen molar-refractivity contribution in [1.29, 1.82) is 0 Å². The topological polar surface area (TPSA) is 108 Å². The fourth-order valence-electron chi connectivity index (χ4n) is 3.56. The lowest BCUT2D eigenvalue weighted by Gasteiger charge is -2.29. The summed E-state index contributed by atoms with van der Waals surface area (Å²) in [6, 6.07) is 10.7.